The summed E-state index contributed by atoms with van der Waals surface area (Å²) in [7, 11) is 0. The number of furan rings is 2. The number of hydrogen-bond acceptors (Lipinski definition) is 6. The normalized spacial score (nSPS) is 13.3. The second-order valence-corrected chi connectivity index (χ2v) is 16.9. The Morgan fingerprint density at radius 1 is 0.349 bits per heavy atom. The van der Waals surface area contributed by atoms with E-state index in [4.69, 9.17) is 18.3 Å². The van der Waals surface area contributed by atoms with Crippen LogP contribution in [0.5, 0.6) is 23.0 Å². The SMILES string of the molecule is CC1(C)c2ccccc2-c2cc3c(cc21)Oc1cc(N(c2ccccc2)c2cccc4c2oc2ccccc24)c(N(c2ccccc2)c2cccc4c2oc2ccccc24)cc1O3. The molecule has 0 N–H and O–H groups in total. The summed E-state index contributed by atoms with van der Waals surface area (Å²) in [6.07, 6.45) is 0. The van der Waals surface area contributed by atoms with Crippen LogP contribution in [0.15, 0.2) is 203 Å². The molecule has 6 nitrogen and oxygen atoms in total. The van der Waals surface area contributed by atoms with Gasteiger partial charge in [0.2, 0.25) is 0 Å². The fourth-order valence-electron chi connectivity index (χ4n) is 9.95. The number of hydrogen-bond donors (Lipinski definition) is 0. The second-order valence-electron chi connectivity index (χ2n) is 16.9. The average Bonchev–Trinajstić information content (AvgIpc) is 3.97. The Balaban J connectivity index is 1.10. The Hall–Kier alpha value is -8.22. The lowest BCUT2D eigenvalue weighted by Gasteiger charge is -2.34. The van der Waals surface area contributed by atoms with E-state index in [9.17, 15) is 0 Å². The lowest BCUT2D eigenvalue weighted by Crippen LogP contribution is -2.18. The summed E-state index contributed by atoms with van der Waals surface area (Å²) >= 11 is 0. The minimum absolute atomic E-state index is 0.206. The number of rotatable bonds is 6. The molecule has 0 saturated carbocycles. The van der Waals surface area contributed by atoms with Gasteiger partial charge in [-0.3, -0.25) is 0 Å². The molecule has 0 saturated heterocycles. The summed E-state index contributed by atoms with van der Waals surface area (Å²) in [6.45, 7) is 4.56. The maximum atomic E-state index is 7.04. The first-order valence-electron chi connectivity index (χ1n) is 21.3. The van der Waals surface area contributed by atoms with Crippen molar-refractivity contribution in [2.45, 2.75) is 19.3 Å². The predicted molar refractivity (Wildman–Crippen MR) is 255 cm³/mol. The van der Waals surface area contributed by atoms with Crippen molar-refractivity contribution in [3.8, 4) is 34.1 Å². The van der Waals surface area contributed by atoms with Gasteiger partial charge in [-0.25, -0.2) is 0 Å². The first-order valence-corrected chi connectivity index (χ1v) is 21.3. The maximum absolute atomic E-state index is 7.04. The van der Waals surface area contributed by atoms with Crippen molar-refractivity contribution in [2.75, 3.05) is 9.80 Å². The molecule has 2 aliphatic rings. The van der Waals surface area contributed by atoms with Crippen molar-refractivity contribution >= 4 is 78.0 Å². The van der Waals surface area contributed by atoms with Gasteiger partial charge in [-0.1, -0.05) is 135 Å². The molecule has 0 spiro atoms. The molecule has 0 radical (unpaired) electrons. The topological polar surface area (TPSA) is 51.2 Å². The van der Waals surface area contributed by atoms with Gasteiger partial charge in [0, 0.05) is 50.5 Å². The molecule has 0 fully saturated rings. The number of ether oxygens (including phenoxy) is 2. The van der Waals surface area contributed by atoms with Gasteiger partial charge in [0.05, 0.1) is 22.7 Å². The molecular formula is C57H38N2O4. The zero-order chi connectivity index (χ0) is 41.8. The number of para-hydroxylation sites is 6. The summed E-state index contributed by atoms with van der Waals surface area (Å²) in [5, 5.41) is 4.17. The predicted octanol–water partition coefficient (Wildman–Crippen LogP) is 16.6. The third kappa shape index (κ3) is 5.31. The van der Waals surface area contributed by atoms with Crippen LogP contribution in [0.4, 0.5) is 34.1 Å². The monoisotopic (exact) mass is 814 g/mol. The van der Waals surface area contributed by atoms with Crippen molar-refractivity contribution in [2.24, 2.45) is 0 Å². The quantitative estimate of drug-likeness (QED) is 0.167. The third-order valence-electron chi connectivity index (χ3n) is 12.9. The Kier molecular flexibility index (Phi) is 7.55. The first-order chi connectivity index (χ1) is 31.0. The second kappa shape index (κ2) is 13.4. The molecule has 1 aliphatic carbocycles. The molecule has 11 aromatic rings. The Morgan fingerprint density at radius 3 is 1.35 bits per heavy atom. The molecule has 63 heavy (non-hydrogen) atoms. The molecule has 0 bridgehead atoms. The van der Waals surface area contributed by atoms with Crippen molar-refractivity contribution in [1.29, 1.82) is 0 Å². The van der Waals surface area contributed by atoms with Gasteiger partial charge in [0.15, 0.2) is 34.2 Å². The molecule has 2 aromatic heterocycles. The smallest absolute Gasteiger partial charge is 0.172 e. The average molecular weight is 815 g/mol. The number of benzene rings is 9. The summed E-state index contributed by atoms with van der Waals surface area (Å²) in [5.74, 6) is 2.55. The van der Waals surface area contributed by atoms with E-state index in [1.165, 1.54) is 16.7 Å². The van der Waals surface area contributed by atoms with Gasteiger partial charge in [-0.05, 0) is 82.9 Å². The van der Waals surface area contributed by atoms with Crippen molar-refractivity contribution < 1.29 is 18.3 Å². The van der Waals surface area contributed by atoms with Crippen LogP contribution in [0.2, 0.25) is 0 Å². The van der Waals surface area contributed by atoms with Gasteiger partial charge >= 0.3 is 0 Å². The Morgan fingerprint density at radius 2 is 0.794 bits per heavy atom. The van der Waals surface area contributed by atoms with Crippen LogP contribution in [-0.4, -0.2) is 0 Å². The van der Waals surface area contributed by atoms with Gasteiger partial charge in [-0.2, -0.15) is 0 Å². The van der Waals surface area contributed by atoms with Gasteiger partial charge in [0.25, 0.3) is 0 Å². The van der Waals surface area contributed by atoms with Crippen LogP contribution in [0.3, 0.4) is 0 Å². The van der Waals surface area contributed by atoms with E-state index in [1.807, 2.05) is 36.4 Å². The van der Waals surface area contributed by atoms with Crippen LogP contribution in [0.25, 0.3) is 55.0 Å². The van der Waals surface area contributed by atoms with Crippen molar-refractivity contribution in [1.82, 2.24) is 0 Å². The van der Waals surface area contributed by atoms with Gasteiger partial charge < -0.3 is 28.1 Å². The molecular weight excluding hydrogens is 777 g/mol. The maximum Gasteiger partial charge on any atom is 0.172 e. The lowest BCUT2D eigenvalue weighted by atomic mass is 9.82. The molecule has 0 atom stereocenters. The first kappa shape index (κ1) is 35.5. The van der Waals surface area contributed by atoms with Crippen LogP contribution in [0, 0.1) is 0 Å². The van der Waals surface area contributed by atoms with Crippen LogP contribution >= 0.6 is 0 Å². The fourth-order valence-corrected chi connectivity index (χ4v) is 9.95. The van der Waals surface area contributed by atoms with Crippen molar-refractivity contribution in [3.05, 3.63) is 205 Å². The van der Waals surface area contributed by atoms with Crippen molar-refractivity contribution in [3.63, 3.8) is 0 Å². The highest BCUT2D eigenvalue weighted by Gasteiger charge is 2.38. The Labute approximate surface area is 363 Å². The fraction of sp³-hybridized carbons (Fsp3) is 0.0526. The van der Waals surface area contributed by atoms with E-state index in [0.717, 1.165) is 83.6 Å². The summed E-state index contributed by atoms with van der Waals surface area (Å²) in [6, 6.07) is 67.3. The summed E-state index contributed by atoms with van der Waals surface area (Å²) in [4.78, 5) is 4.55. The molecule has 0 unspecified atom stereocenters. The van der Waals surface area contributed by atoms with E-state index in [2.05, 4.69) is 181 Å². The molecule has 300 valence electrons. The highest BCUT2D eigenvalue weighted by molar-refractivity contribution is 6.13. The number of nitrogens with zero attached hydrogens (tertiary/aromatic N) is 2. The Bertz CT molecular complexity index is 3620. The molecule has 6 heteroatoms. The lowest BCUT2D eigenvalue weighted by molar-refractivity contribution is 0.359. The van der Waals surface area contributed by atoms with E-state index in [1.54, 1.807) is 0 Å². The molecule has 0 amide bonds. The number of fused-ring (bicyclic) bond motifs is 11. The van der Waals surface area contributed by atoms with E-state index >= 15 is 0 Å². The zero-order valence-corrected chi connectivity index (χ0v) is 34.5. The minimum atomic E-state index is -0.206. The van der Waals surface area contributed by atoms with E-state index in [0.29, 0.717) is 23.0 Å². The van der Waals surface area contributed by atoms with Gasteiger partial charge in [-0.15, -0.1) is 0 Å². The van der Waals surface area contributed by atoms with Crippen LogP contribution < -0.4 is 19.3 Å². The minimum Gasteiger partial charge on any atom is -0.454 e. The van der Waals surface area contributed by atoms with Crippen LogP contribution in [0.1, 0.15) is 25.0 Å². The zero-order valence-electron chi connectivity index (χ0n) is 34.5. The largest absolute Gasteiger partial charge is 0.454 e. The summed E-state index contributed by atoms with van der Waals surface area (Å²) in [5.41, 5.74) is 13.2. The highest BCUT2D eigenvalue weighted by atomic mass is 16.6. The molecule has 13 rings (SSSR count). The molecule has 9 aromatic carbocycles. The standard InChI is InChI=1S/C57H38N2O4/c1-57(2)43-26-12-9-21-37(43)42-31-51-52(32-44(42)57)61-54-34-48(59(36-19-7-4-8-20-36)46-28-16-25-41-39-23-11-14-30-50(39)63-56(41)46)47(33-53(54)60-51)58(35-17-5-3-6-18-35)45-27-15-24-40-38-22-10-13-29-49(38)62-55(40)45/h3-34H,1-2H3. The van der Waals surface area contributed by atoms with Crippen LogP contribution in [-0.2, 0) is 5.41 Å². The molecule has 1 aliphatic heterocycles. The molecule has 3 heterocycles. The van der Waals surface area contributed by atoms with Gasteiger partial charge in [0.1, 0.15) is 11.2 Å². The highest BCUT2D eigenvalue weighted by Crippen LogP contribution is 2.58. The van der Waals surface area contributed by atoms with E-state index < -0.39 is 0 Å². The third-order valence-corrected chi connectivity index (χ3v) is 12.9. The number of anilines is 6. The van der Waals surface area contributed by atoms with E-state index in [-0.39, 0.29) is 5.41 Å². The summed E-state index contributed by atoms with van der Waals surface area (Å²) < 4.78 is 27.6.